The summed E-state index contributed by atoms with van der Waals surface area (Å²) in [5.74, 6) is -0.311. The second-order valence-corrected chi connectivity index (χ2v) is 7.03. The third-order valence-corrected chi connectivity index (χ3v) is 5.10. The molecule has 0 aromatic heterocycles. The first-order chi connectivity index (χ1) is 13.6. The number of carbonyl (C=O) groups excluding carboxylic acids is 3. The molecule has 1 saturated heterocycles. The Labute approximate surface area is 166 Å². The summed E-state index contributed by atoms with van der Waals surface area (Å²) in [6.07, 6.45) is 2.58. The van der Waals surface area contributed by atoms with E-state index in [4.69, 9.17) is 4.74 Å². The molecule has 0 saturated carbocycles. The molecule has 1 aromatic carbocycles. The summed E-state index contributed by atoms with van der Waals surface area (Å²) in [6.45, 7) is 4.15. The minimum absolute atomic E-state index is 0.00371. The Kier molecular flexibility index (Phi) is 8.94. The molecule has 0 bridgehead atoms. The van der Waals surface area contributed by atoms with Crippen molar-refractivity contribution in [1.82, 2.24) is 15.5 Å². The largest absolute Gasteiger partial charge is 0.385 e. The molecule has 154 valence electrons. The van der Waals surface area contributed by atoms with Gasteiger partial charge in [-0.25, -0.2) is 0 Å². The SMILES string of the molecule is CCC(=O)N1CCC(C(NC(=O)c2ccccc2)C(=O)NCCCOC)CC1. The number of nitrogens with one attached hydrogen (secondary N) is 2. The van der Waals surface area contributed by atoms with Gasteiger partial charge in [-0.2, -0.15) is 0 Å². The molecule has 0 radical (unpaired) electrons. The van der Waals surface area contributed by atoms with Crippen molar-refractivity contribution in [1.29, 1.82) is 0 Å². The summed E-state index contributed by atoms with van der Waals surface area (Å²) in [5.41, 5.74) is 0.526. The number of benzene rings is 1. The van der Waals surface area contributed by atoms with E-state index in [-0.39, 0.29) is 23.6 Å². The van der Waals surface area contributed by atoms with Gasteiger partial charge in [-0.05, 0) is 37.3 Å². The molecule has 2 rings (SSSR count). The molecule has 2 N–H and O–H groups in total. The van der Waals surface area contributed by atoms with Crippen LogP contribution in [0.3, 0.4) is 0 Å². The first-order valence-corrected chi connectivity index (χ1v) is 9.97. The number of carbonyl (C=O) groups is 3. The van der Waals surface area contributed by atoms with Gasteiger partial charge in [0.05, 0.1) is 0 Å². The zero-order valence-electron chi connectivity index (χ0n) is 16.8. The third-order valence-electron chi connectivity index (χ3n) is 5.10. The van der Waals surface area contributed by atoms with Gasteiger partial charge in [0.25, 0.3) is 5.91 Å². The number of likely N-dealkylation sites (tertiary alicyclic amines) is 1. The Hall–Kier alpha value is -2.41. The lowest BCUT2D eigenvalue weighted by atomic mass is 9.88. The van der Waals surface area contributed by atoms with E-state index in [9.17, 15) is 14.4 Å². The number of nitrogens with zero attached hydrogens (tertiary/aromatic N) is 1. The smallest absolute Gasteiger partial charge is 0.251 e. The van der Waals surface area contributed by atoms with Crippen molar-refractivity contribution in [3.8, 4) is 0 Å². The highest BCUT2D eigenvalue weighted by molar-refractivity contribution is 5.97. The molecule has 0 aliphatic carbocycles. The fourth-order valence-electron chi connectivity index (χ4n) is 3.46. The Morgan fingerprint density at radius 3 is 2.46 bits per heavy atom. The van der Waals surface area contributed by atoms with Gasteiger partial charge in [-0.1, -0.05) is 25.1 Å². The summed E-state index contributed by atoms with van der Waals surface area (Å²) in [5, 5.41) is 5.82. The van der Waals surface area contributed by atoms with E-state index in [0.29, 0.717) is 57.5 Å². The number of amides is 3. The van der Waals surface area contributed by atoms with E-state index >= 15 is 0 Å². The van der Waals surface area contributed by atoms with Crippen LogP contribution < -0.4 is 10.6 Å². The summed E-state index contributed by atoms with van der Waals surface area (Å²) in [7, 11) is 1.62. The molecule has 1 aromatic rings. The van der Waals surface area contributed by atoms with Gasteiger partial charge in [-0.3, -0.25) is 14.4 Å². The molecule has 7 nitrogen and oxygen atoms in total. The highest BCUT2D eigenvalue weighted by atomic mass is 16.5. The predicted molar refractivity (Wildman–Crippen MR) is 107 cm³/mol. The van der Waals surface area contributed by atoms with Gasteiger partial charge in [0.15, 0.2) is 0 Å². The molecule has 1 heterocycles. The van der Waals surface area contributed by atoms with E-state index in [1.807, 2.05) is 17.9 Å². The van der Waals surface area contributed by atoms with Crippen LogP contribution in [0, 0.1) is 5.92 Å². The fourth-order valence-corrected chi connectivity index (χ4v) is 3.46. The van der Waals surface area contributed by atoms with Crippen LogP contribution in [0.25, 0.3) is 0 Å². The van der Waals surface area contributed by atoms with Crippen LogP contribution in [-0.4, -0.2) is 62.0 Å². The summed E-state index contributed by atoms with van der Waals surface area (Å²) < 4.78 is 5.01. The average Bonchev–Trinajstić information content (AvgIpc) is 2.75. The van der Waals surface area contributed by atoms with E-state index in [1.165, 1.54) is 0 Å². The van der Waals surface area contributed by atoms with Crippen LogP contribution in [0.1, 0.15) is 43.0 Å². The summed E-state index contributed by atoms with van der Waals surface area (Å²) in [6, 6.07) is 8.27. The zero-order valence-corrected chi connectivity index (χ0v) is 16.8. The molecular weight excluding hydrogens is 358 g/mol. The van der Waals surface area contributed by atoms with E-state index in [2.05, 4.69) is 10.6 Å². The first kappa shape index (κ1) is 21.9. The van der Waals surface area contributed by atoms with E-state index in [1.54, 1.807) is 31.4 Å². The molecule has 0 spiro atoms. The molecule has 1 atom stereocenters. The minimum atomic E-state index is -0.617. The molecule has 1 unspecified atom stereocenters. The number of hydrogen-bond donors (Lipinski definition) is 2. The van der Waals surface area contributed by atoms with Gasteiger partial charge in [-0.15, -0.1) is 0 Å². The number of piperidine rings is 1. The normalized spacial score (nSPS) is 15.7. The lowest BCUT2D eigenvalue weighted by Gasteiger charge is -2.35. The maximum atomic E-state index is 12.8. The monoisotopic (exact) mass is 389 g/mol. The quantitative estimate of drug-likeness (QED) is 0.628. The van der Waals surface area contributed by atoms with Crippen molar-refractivity contribution in [3.05, 3.63) is 35.9 Å². The maximum Gasteiger partial charge on any atom is 0.251 e. The van der Waals surface area contributed by atoms with E-state index < -0.39 is 6.04 Å². The van der Waals surface area contributed by atoms with Crippen LogP contribution >= 0.6 is 0 Å². The Morgan fingerprint density at radius 1 is 1.18 bits per heavy atom. The van der Waals surface area contributed by atoms with Crippen molar-refractivity contribution in [3.63, 3.8) is 0 Å². The number of ether oxygens (including phenoxy) is 1. The van der Waals surface area contributed by atoms with Crippen molar-refractivity contribution in [2.45, 2.75) is 38.6 Å². The van der Waals surface area contributed by atoms with E-state index in [0.717, 1.165) is 0 Å². The summed E-state index contributed by atoms with van der Waals surface area (Å²) in [4.78, 5) is 39.2. The fraction of sp³-hybridized carbons (Fsp3) is 0.571. The Morgan fingerprint density at radius 2 is 1.86 bits per heavy atom. The van der Waals surface area contributed by atoms with Crippen molar-refractivity contribution < 1.29 is 19.1 Å². The van der Waals surface area contributed by atoms with Crippen LogP contribution in [0.4, 0.5) is 0 Å². The highest BCUT2D eigenvalue weighted by Gasteiger charge is 2.33. The van der Waals surface area contributed by atoms with Crippen LogP contribution in [0.15, 0.2) is 30.3 Å². The zero-order chi connectivity index (χ0) is 20.4. The number of hydrogen-bond acceptors (Lipinski definition) is 4. The molecule has 1 aliphatic heterocycles. The maximum absolute atomic E-state index is 12.8. The number of rotatable bonds is 9. The molecular formula is C21H31N3O4. The lowest BCUT2D eigenvalue weighted by molar-refractivity contribution is -0.132. The first-order valence-electron chi connectivity index (χ1n) is 9.97. The van der Waals surface area contributed by atoms with Crippen molar-refractivity contribution in [2.24, 2.45) is 5.92 Å². The standard InChI is InChI=1S/C21H31N3O4/c1-3-18(25)24-13-10-16(11-14-24)19(21(27)22-12-7-15-28-2)23-20(26)17-8-5-4-6-9-17/h4-6,8-9,16,19H,3,7,10-15H2,1-2H3,(H,22,27)(H,23,26). The topological polar surface area (TPSA) is 87.7 Å². The molecule has 3 amide bonds. The summed E-state index contributed by atoms with van der Waals surface area (Å²) >= 11 is 0. The van der Waals surface area contributed by atoms with Gasteiger partial charge < -0.3 is 20.3 Å². The van der Waals surface area contributed by atoms with Crippen LogP contribution in [0.5, 0.6) is 0 Å². The number of methoxy groups -OCH3 is 1. The van der Waals surface area contributed by atoms with Crippen LogP contribution in [-0.2, 0) is 14.3 Å². The molecule has 1 fully saturated rings. The third kappa shape index (κ3) is 6.34. The molecule has 7 heteroatoms. The lowest BCUT2D eigenvalue weighted by Crippen LogP contribution is -2.54. The van der Waals surface area contributed by atoms with Gasteiger partial charge in [0.1, 0.15) is 6.04 Å². The Balaban J connectivity index is 2.02. The predicted octanol–water partition coefficient (Wildman–Crippen LogP) is 1.59. The Bertz CT molecular complexity index is 642. The highest BCUT2D eigenvalue weighted by Crippen LogP contribution is 2.22. The average molecular weight is 389 g/mol. The second-order valence-electron chi connectivity index (χ2n) is 7.03. The van der Waals surface area contributed by atoms with Crippen LogP contribution in [0.2, 0.25) is 0 Å². The second kappa shape index (κ2) is 11.4. The van der Waals surface area contributed by atoms with Crippen molar-refractivity contribution >= 4 is 17.7 Å². The van der Waals surface area contributed by atoms with Crippen molar-refractivity contribution in [2.75, 3.05) is 33.4 Å². The van der Waals surface area contributed by atoms with Gasteiger partial charge in [0, 0.05) is 45.3 Å². The molecule has 1 aliphatic rings. The minimum Gasteiger partial charge on any atom is -0.385 e. The van der Waals surface area contributed by atoms with Gasteiger partial charge >= 0.3 is 0 Å². The van der Waals surface area contributed by atoms with Gasteiger partial charge in [0.2, 0.25) is 11.8 Å². The molecule has 28 heavy (non-hydrogen) atoms.